The number of nitrogens with one attached hydrogen (secondary N) is 1. The van der Waals surface area contributed by atoms with Crippen LogP contribution < -0.4 is 10.2 Å². The van der Waals surface area contributed by atoms with E-state index in [2.05, 4.69) is 0 Å². The molecule has 9 heteroatoms. The van der Waals surface area contributed by atoms with Crippen LogP contribution in [0, 0.1) is 0 Å². The molecule has 1 fully saturated rings. The summed E-state index contributed by atoms with van der Waals surface area (Å²) >= 11 is 0. The van der Waals surface area contributed by atoms with Crippen LogP contribution in [0.15, 0.2) is 29.2 Å². The van der Waals surface area contributed by atoms with Gasteiger partial charge < -0.3 is 0 Å². The molecule has 1 heterocycles. The minimum absolute atomic E-state index is 0.0508. The Hall–Kier alpha value is -2.26. The number of amides is 4. The zero-order chi connectivity index (χ0) is 14.2. The zero-order valence-corrected chi connectivity index (χ0v) is 10.2. The second-order valence-corrected chi connectivity index (χ2v) is 5.15. The van der Waals surface area contributed by atoms with Gasteiger partial charge in [-0.25, -0.2) is 9.69 Å². The molecule has 0 spiro atoms. The molecule has 0 atom stereocenters. The summed E-state index contributed by atoms with van der Waals surface area (Å²) in [5, 5.41) is 1.93. The number of hydrogen-bond acceptors (Lipinski definition) is 5. The number of imide groups is 2. The van der Waals surface area contributed by atoms with Crippen molar-refractivity contribution in [3.8, 4) is 0 Å². The van der Waals surface area contributed by atoms with Crippen molar-refractivity contribution < 1.29 is 27.4 Å². The van der Waals surface area contributed by atoms with E-state index in [1.165, 1.54) is 12.1 Å². The Morgan fingerprint density at radius 1 is 1.21 bits per heavy atom. The number of hydrogen-bond donors (Lipinski definition) is 2. The van der Waals surface area contributed by atoms with E-state index >= 15 is 0 Å². The van der Waals surface area contributed by atoms with E-state index in [0.717, 1.165) is 12.1 Å². The predicted molar refractivity (Wildman–Crippen MR) is 61.9 cm³/mol. The molecule has 1 saturated heterocycles. The molecule has 0 bridgehead atoms. The Bertz CT molecular complexity index is 661. The fourth-order valence-corrected chi connectivity index (χ4v) is 2.11. The third-order valence-electron chi connectivity index (χ3n) is 2.38. The highest BCUT2D eigenvalue weighted by Gasteiger charge is 2.32. The predicted octanol–water partition coefficient (Wildman–Crippen LogP) is -0.0938. The molecule has 2 rings (SSSR count). The van der Waals surface area contributed by atoms with Gasteiger partial charge in [0.1, 0.15) is 6.42 Å². The van der Waals surface area contributed by atoms with Crippen LogP contribution in [0.25, 0.3) is 0 Å². The van der Waals surface area contributed by atoms with Crippen molar-refractivity contribution in [3.63, 3.8) is 0 Å². The summed E-state index contributed by atoms with van der Waals surface area (Å²) in [5.74, 6) is -1.50. The van der Waals surface area contributed by atoms with Crippen LogP contribution >= 0.6 is 0 Å². The minimum atomic E-state index is -4.45. The highest BCUT2D eigenvalue weighted by Crippen LogP contribution is 2.21. The molecule has 100 valence electrons. The lowest BCUT2D eigenvalue weighted by Crippen LogP contribution is -2.52. The highest BCUT2D eigenvalue weighted by molar-refractivity contribution is 7.85. The van der Waals surface area contributed by atoms with Gasteiger partial charge in [0.2, 0.25) is 11.8 Å². The van der Waals surface area contributed by atoms with Gasteiger partial charge in [0.05, 0.1) is 10.6 Å². The molecule has 4 amide bonds. The molecule has 0 aromatic heterocycles. The maximum Gasteiger partial charge on any atom is 0.335 e. The topological polar surface area (TPSA) is 121 Å². The lowest BCUT2D eigenvalue weighted by atomic mass is 10.2. The number of rotatable bonds is 2. The quantitative estimate of drug-likeness (QED) is 0.578. The van der Waals surface area contributed by atoms with Crippen LogP contribution in [-0.2, 0) is 19.7 Å². The first-order valence-corrected chi connectivity index (χ1v) is 6.47. The Morgan fingerprint density at radius 2 is 1.89 bits per heavy atom. The van der Waals surface area contributed by atoms with E-state index < -0.39 is 39.3 Å². The lowest BCUT2D eigenvalue weighted by molar-refractivity contribution is -0.128. The number of carbonyl (C=O) groups is 3. The number of barbiturate groups is 1. The summed E-state index contributed by atoms with van der Waals surface area (Å²) < 4.78 is 30.9. The normalized spacial score (nSPS) is 16.5. The Kier molecular flexibility index (Phi) is 3.08. The summed E-state index contributed by atoms with van der Waals surface area (Å²) in [6.45, 7) is 0. The van der Waals surface area contributed by atoms with E-state index in [9.17, 15) is 22.8 Å². The van der Waals surface area contributed by atoms with Crippen LogP contribution in [0.3, 0.4) is 0 Å². The lowest BCUT2D eigenvalue weighted by Gasteiger charge is -2.24. The van der Waals surface area contributed by atoms with Crippen molar-refractivity contribution in [2.24, 2.45) is 0 Å². The molecular formula is C10H8N2O6S. The largest absolute Gasteiger partial charge is 0.335 e. The molecule has 1 aromatic carbocycles. The molecule has 0 saturated carbocycles. The summed E-state index contributed by atoms with van der Waals surface area (Å²) in [6.07, 6.45) is -0.512. The number of benzene rings is 1. The molecule has 0 aliphatic carbocycles. The summed E-state index contributed by atoms with van der Waals surface area (Å²) in [4.78, 5) is 34.3. The fraction of sp³-hybridized carbons (Fsp3) is 0.100. The van der Waals surface area contributed by atoms with Gasteiger partial charge in [0.25, 0.3) is 10.1 Å². The summed E-state index contributed by atoms with van der Waals surface area (Å²) in [5.41, 5.74) is -0.0508. The second-order valence-electron chi connectivity index (χ2n) is 3.73. The molecule has 0 radical (unpaired) electrons. The number of anilines is 1. The van der Waals surface area contributed by atoms with E-state index in [4.69, 9.17) is 4.55 Å². The molecule has 1 aliphatic rings. The van der Waals surface area contributed by atoms with Crippen molar-refractivity contribution in [1.29, 1.82) is 0 Å². The Balaban J connectivity index is 2.45. The van der Waals surface area contributed by atoms with Crippen LogP contribution in [0.5, 0.6) is 0 Å². The van der Waals surface area contributed by atoms with Gasteiger partial charge in [-0.15, -0.1) is 0 Å². The fourth-order valence-electron chi connectivity index (χ4n) is 1.59. The van der Waals surface area contributed by atoms with Crippen LogP contribution in [-0.4, -0.2) is 30.8 Å². The minimum Gasteiger partial charge on any atom is -0.282 e. The van der Waals surface area contributed by atoms with Crippen LogP contribution in [0.2, 0.25) is 0 Å². The standard InChI is InChI=1S/C10H8N2O6S/c13-8-5-9(14)12(10(15)11-8)6-2-1-3-7(4-6)19(16,17)18/h1-4H,5H2,(H,11,13,15)(H,16,17,18). The van der Waals surface area contributed by atoms with Gasteiger partial charge in [-0.1, -0.05) is 6.07 Å². The van der Waals surface area contributed by atoms with Crippen molar-refractivity contribution in [3.05, 3.63) is 24.3 Å². The summed E-state index contributed by atoms with van der Waals surface area (Å²) in [6, 6.07) is 3.67. The Morgan fingerprint density at radius 3 is 2.47 bits per heavy atom. The van der Waals surface area contributed by atoms with Gasteiger partial charge in [-0.05, 0) is 18.2 Å². The van der Waals surface area contributed by atoms with E-state index in [0.29, 0.717) is 4.90 Å². The molecular weight excluding hydrogens is 276 g/mol. The maximum atomic E-state index is 11.6. The first kappa shape index (κ1) is 13.2. The first-order chi connectivity index (χ1) is 8.79. The van der Waals surface area contributed by atoms with Crippen LogP contribution in [0.1, 0.15) is 6.42 Å². The number of nitrogens with zero attached hydrogens (tertiary/aromatic N) is 1. The molecule has 2 N–H and O–H groups in total. The third kappa shape index (κ3) is 2.61. The van der Waals surface area contributed by atoms with Gasteiger partial charge in [-0.3, -0.25) is 19.5 Å². The van der Waals surface area contributed by atoms with Crippen molar-refractivity contribution in [2.45, 2.75) is 11.3 Å². The monoisotopic (exact) mass is 284 g/mol. The average Bonchev–Trinajstić information content (AvgIpc) is 2.26. The maximum absolute atomic E-state index is 11.6. The van der Waals surface area contributed by atoms with Gasteiger partial charge in [0.15, 0.2) is 0 Å². The molecule has 1 aromatic rings. The SMILES string of the molecule is O=C1CC(=O)N(c2cccc(S(=O)(=O)O)c2)C(=O)N1. The van der Waals surface area contributed by atoms with Gasteiger partial charge >= 0.3 is 6.03 Å². The first-order valence-electron chi connectivity index (χ1n) is 5.03. The molecule has 8 nitrogen and oxygen atoms in total. The van der Waals surface area contributed by atoms with E-state index in [1.807, 2.05) is 5.32 Å². The summed E-state index contributed by atoms with van der Waals surface area (Å²) in [7, 11) is -4.45. The molecule has 0 unspecified atom stereocenters. The Labute approximate surface area is 107 Å². The highest BCUT2D eigenvalue weighted by atomic mass is 32.2. The number of carbonyl (C=O) groups excluding carboxylic acids is 3. The van der Waals surface area contributed by atoms with E-state index in [1.54, 1.807) is 0 Å². The average molecular weight is 284 g/mol. The van der Waals surface area contributed by atoms with Crippen molar-refractivity contribution in [2.75, 3.05) is 4.90 Å². The molecule has 19 heavy (non-hydrogen) atoms. The van der Waals surface area contributed by atoms with Gasteiger partial charge in [-0.2, -0.15) is 8.42 Å². The zero-order valence-electron chi connectivity index (χ0n) is 9.36. The number of urea groups is 1. The van der Waals surface area contributed by atoms with Gasteiger partial charge in [0, 0.05) is 0 Å². The second kappa shape index (κ2) is 4.44. The van der Waals surface area contributed by atoms with E-state index in [-0.39, 0.29) is 5.69 Å². The molecule has 1 aliphatic heterocycles. The third-order valence-corrected chi connectivity index (χ3v) is 3.23. The van der Waals surface area contributed by atoms with Crippen molar-refractivity contribution in [1.82, 2.24) is 5.32 Å². The smallest absolute Gasteiger partial charge is 0.282 e. The van der Waals surface area contributed by atoms with Crippen LogP contribution in [0.4, 0.5) is 10.5 Å². The van der Waals surface area contributed by atoms with Crippen molar-refractivity contribution >= 4 is 33.7 Å².